The van der Waals surface area contributed by atoms with Crippen molar-refractivity contribution >= 4 is 21.5 Å². The van der Waals surface area contributed by atoms with Gasteiger partial charge in [0.05, 0.1) is 11.4 Å². The molecule has 2 nitrogen and oxygen atoms in total. The molecule has 11 rings (SSSR count). The molecule has 0 amide bonds. The van der Waals surface area contributed by atoms with E-state index in [2.05, 4.69) is 214 Å². The van der Waals surface area contributed by atoms with Gasteiger partial charge in [0, 0.05) is 22.1 Å². The molecule has 0 N–H and O–H groups in total. The van der Waals surface area contributed by atoms with Gasteiger partial charge in [-0.15, -0.1) is 0 Å². The Kier molecular flexibility index (Phi) is 8.20. The minimum atomic E-state index is -0.115. The number of aromatic nitrogens is 2. The molecule has 59 heavy (non-hydrogen) atoms. The maximum atomic E-state index is 5.30. The lowest BCUT2D eigenvalue weighted by atomic mass is 9.79. The van der Waals surface area contributed by atoms with Crippen molar-refractivity contribution in [2.45, 2.75) is 19.3 Å². The number of hydrogen-bond acceptors (Lipinski definition) is 2. The van der Waals surface area contributed by atoms with E-state index >= 15 is 0 Å². The molecule has 0 unspecified atom stereocenters. The Morgan fingerprint density at radius 3 is 1.59 bits per heavy atom. The number of rotatable bonds is 6. The van der Waals surface area contributed by atoms with Crippen LogP contribution in [0.25, 0.3) is 100.0 Å². The van der Waals surface area contributed by atoms with Gasteiger partial charge in [-0.2, -0.15) is 0 Å². The van der Waals surface area contributed by atoms with Gasteiger partial charge in [0.2, 0.25) is 0 Å². The van der Waals surface area contributed by atoms with Gasteiger partial charge in [-0.25, -0.2) is 9.97 Å². The molecular formula is C57H40N2. The van der Waals surface area contributed by atoms with E-state index in [0.29, 0.717) is 5.82 Å². The summed E-state index contributed by atoms with van der Waals surface area (Å²) >= 11 is 0. The minimum absolute atomic E-state index is 0.115. The molecule has 9 aromatic carbocycles. The molecule has 278 valence electrons. The van der Waals surface area contributed by atoms with E-state index in [1.165, 1.54) is 66.2 Å². The third kappa shape index (κ3) is 5.96. The lowest BCUT2D eigenvalue weighted by Crippen LogP contribution is -2.15. The number of nitrogens with zero attached hydrogens (tertiary/aromatic N) is 2. The zero-order valence-electron chi connectivity index (χ0n) is 33.0. The van der Waals surface area contributed by atoms with Gasteiger partial charge >= 0.3 is 0 Å². The molecule has 0 saturated carbocycles. The first-order chi connectivity index (χ1) is 29.0. The molecule has 0 bridgehead atoms. The second-order valence-corrected chi connectivity index (χ2v) is 16.2. The van der Waals surface area contributed by atoms with Crippen LogP contribution in [0.2, 0.25) is 0 Å². The van der Waals surface area contributed by atoms with Crippen molar-refractivity contribution in [1.82, 2.24) is 9.97 Å². The summed E-state index contributed by atoms with van der Waals surface area (Å²) in [5, 5.41) is 4.92. The van der Waals surface area contributed by atoms with Gasteiger partial charge in [0.1, 0.15) is 0 Å². The van der Waals surface area contributed by atoms with Crippen molar-refractivity contribution in [2.75, 3.05) is 0 Å². The molecule has 0 radical (unpaired) electrons. The predicted octanol–water partition coefficient (Wildman–Crippen LogP) is 15.1. The largest absolute Gasteiger partial charge is 0.228 e. The quantitative estimate of drug-likeness (QED) is 0.169. The van der Waals surface area contributed by atoms with Gasteiger partial charge in [0.25, 0.3) is 0 Å². The summed E-state index contributed by atoms with van der Waals surface area (Å²) in [5.74, 6) is 0.706. The lowest BCUT2D eigenvalue weighted by Gasteiger charge is -2.23. The molecule has 0 atom stereocenters. The molecule has 0 spiro atoms. The molecule has 1 aliphatic carbocycles. The maximum Gasteiger partial charge on any atom is 0.161 e. The van der Waals surface area contributed by atoms with Crippen LogP contribution in [0, 0.1) is 0 Å². The maximum absolute atomic E-state index is 5.30. The first kappa shape index (κ1) is 34.8. The molecule has 1 heterocycles. The summed E-state index contributed by atoms with van der Waals surface area (Å²) in [6.07, 6.45) is 0. The second kappa shape index (κ2) is 13.9. The summed E-state index contributed by atoms with van der Waals surface area (Å²) in [5.41, 5.74) is 17.4. The van der Waals surface area contributed by atoms with Crippen molar-refractivity contribution in [3.63, 3.8) is 0 Å². The molecule has 2 heteroatoms. The van der Waals surface area contributed by atoms with Crippen LogP contribution in [0.3, 0.4) is 0 Å². The van der Waals surface area contributed by atoms with Crippen LogP contribution in [0.5, 0.6) is 0 Å². The van der Waals surface area contributed by atoms with Gasteiger partial charge in [0.15, 0.2) is 5.82 Å². The smallest absolute Gasteiger partial charge is 0.161 e. The Balaban J connectivity index is 1.00. The van der Waals surface area contributed by atoms with E-state index in [4.69, 9.17) is 9.97 Å². The summed E-state index contributed by atoms with van der Waals surface area (Å²) in [7, 11) is 0. The zero-order valence-corrected chi connectivity index (χ0v) is 33.0. The van der Waals surface area contributed by atoms with Crippen LogP contribution in [-0.4, -0.2) is 9.97 Å². The van der Waals surface area contributed by atoms with Gasteiger partial charge in [-0.1, -0.05) is 190 Å². The third-order valence-corrected chi connectivity index (χ3v) is 12.3. The Hall–Kier alpha value is -7.42. The van der Waals surface area contributed by atoms with E-state index in [-0.39, 0.29) is 5.41 Å². The first-order valence-electron chi connectivity index (χ1n) is 20.4. The van der Waals surface area contributed by atoms with E-state index in [0.717, 1.165) is 39.0 Å². The fourth-order valence-corrected chi connectivity index (χ4v) is 9.35. The number of hydrogen-bond donors (Lipinski definition) is 0. The molecule has 1 aromatic heterocycles. The molecule has 1 aliphatic rings. The standard InChI is InChI=1S/C57H40N2/c1-57(2)52-35-42(28-29-49(52)50-30-27-38-17-9-10-24-46(38)55(50)57)41-21-13-22-43(33-41)45-31-32-51(48-26-12-11-25-47(45)48)56-58-53(39-18-7-4-8-19-39)36-54(59-56)44-23-14-20-40(34-44)37-15-5-3-6-16-37/h3-36H,1-2H3. The molecule has 10 aromatic rings. The van der Waals surface area contributed by atoms with Crippen LogP contribution in [-0.2, 0) is 5.41 Å². The van der Waals surface area contributed by atoms with Crippen LogP contribution < -0.4 is 0 Å². The third-order valence-electron chi connectivity index (χ3n) is 12.3. The Morgan fingerprint density at radius 1 is 0.322 bits per heavy atom. The average molecular weight is 753 g/mol. The molecule has 0 fully saturated rings. The van der Waals surface area contributed by atoms with Crippen molar-refractivity contribution in [2.24, 2.45) is 0 Å². The van der Waals surface area contributed by atoms with Crippen molar-refractivity contribution in [1.29, 1.82) is 0 Å². The predicted molar refractivity (Wildman–Crippen MR) is 247 cm³/mol. The summed E-state index contributed by atoms with van der Waals surface area (Å²) in [6.45, 7) is 4.75. The van der Waals surface area contributed by atoms with Crippen LogP contribution in [0.4, 0.5) is 0 Å². The highest BCUT2D eigenvalue weighted by atomic mass is 14.9. The highest BCUT2D eigenvalue weighted by Gasteiger charge is 2.37. The van der Waals surface area contributed by atoms with E-state index in [1.807, 2.05) is 6.07 Å². The summed E-state index contributed by atoms with van der Waals surface area (Å²) in [6, 6.07) is 74.2. The summed E-state index contributed by atoms with van der Waals surface area (Å²) < 4.78 is 0. The van der Waals surface area contributed by atoms with Crippen molar-refractivity contribution in [3.05, 3.63) is 217 Å². The Morgan fingerprint density at radius 2 is 0.831 bits per heavy atom. The minimum Gasteiger partial charge on any atom is -0.228 e. The Bertz CT molecular complexity index is 3230. The van der Waals surface area contributed by atoms with Crippen LogP contribution in [0.15, 0.2) is 206 Å². The van der Waals surface area contributed by atoms with Crippen LogP contribution >= 0.6 is 0 Å². The number of fused-ring (bicyclic) bond motifs is 6. The SMILES string of the molecule is CC1(C)c2cc(-c3cccc(-c4ccc(-c5nc(-c6ccccc6)cc(-c6cccc(-c7ccccc7)c6)n5)c5ccccc45)c3)ccc2-c2ccc3ccccc3c21. The fourth-order valence-electron chi connectivity index (χ4n) is 9.35. The van der Waals surface area contributed by atoms with Crippen molar-refractivity contribution in [3.8, 4) is 78.4 Å². The molecule has 0 aliphatic heterocycles. The van der Waals surface area contributed by atoms with Gasteiger partial charge in [-0.3, -0.25) is 0 Å². The highest BCUT2D eigenvalue weighted by molar-refractivity contribution is 6.05. The molecule has 0 saturated heterocycles. The highest BCUT2D eigenvalue weighted by Crippen LogP contribution is 2.52. The lowest BCUT2D eigenvalue weighted by molar-refractivity contribution is 0.666. The van der Waals surface area contributed by atoms with Crippen molar-refractivity contribution < 1.29 is 0 Å². The Labute approximate surface area is 345 Å². The van der Waals surface area contributed by atoms with E-state index in [9.17, 15) is 0 Å². The fraction of sp³-hybridized carbons (Fsp3) is 0.0526. The summed E-state index contributed by atoms with van der Waals surface area (Å²) in [4.78, 5) is 10.5. The monoisotopic (exact) mass is 752 g/mol. The topological polar surface area (TPSA) is 25.8 Å². The zero-order chi connectivity index (χ0) is 39.5. The van der Waals surface area contributed by atoms with Gasteiger partial charge < -0.3 is 0 Å². The van der Waals surface area contributed by atoms with E-state index < -0.39 is 0 Å². The first-order valence-corrected chi connectivity index (χ1v) is 20.4. The van der Waals surface area contributed by atoms with Gasteiger partial charge in [-0.05, 0) is 108 Å². The normalized spacial score (nSPS) is 12.7. The molecular weight excluding hydrogens is 713 g/mol. The van der Waals surface area contributed by atoms with E-state index in [1.54, 1.807) is 0 Å². The second-order valence-electron chi connectivity index (χ2n) is 16.2. The number of benzene rings is 9. The average Bonchev–Trinajstić information content (AvgIpc) is 3.54. The van der Waals surface area contributed by atoms with Crippen LogP contribution in [0.1, 0.15) is 25.0 Å².